The fourth-order valence-electron chi connectivity index (χ4n) is 2.34. The minimum atomic E-state index is -4.55. The average Bonchev–Trinajstić information content (AvgIpc) is 2.53. The summed E-state index contributed by atoms with van der Waals surface area (Å²) in [5, 5.41) is 0. The number of hydrogen-bond acceptors (Lipinski definition) is 4. The van der Waals surface area contributed by atoms with Crippen molar-refractivity contribution in [2.24, 2.45) is 0 Å². The maximum absolute atomic E-state index is 13.3. The van der Waals surface area contributed by atoms with Crippen molar-refractivity contribution in [2.75, 3.05) is 19.1 Å². The van der Waals surface area contributed by atoms with E-state index in [1.54, 1.807) is 19.2 Å². The third kappa shape index (κ3) is 3.72. The van der Waals surface area contributed by atoms with E-state index in [-0.39, 0.29) is 11.8 Å². The quantitative estimate of drug-likeness (QED) is 0.825. The number of aryl methyl sites for hydroxylation is 1. The Kier molecular flexibility index (Phi) is 5.08. The molecule has 1 aromatic heterocycles. The molecule has 0 spiro atoms. The summed E-state index contributed by atoms with van der Waals surface area (Å²) in [6, 6.07) is 7.23. The number of para-hydroxylation sites is 1. The van der Waals surface area contributed by atoms with Crippen molar-refractivity contribution in [1.82, 2.24) is 9.97 Å². The van der Waals surface area contributed by atoms with Gasteiger partial charge in [0.25, 0.3) is 0 Å². The fourth-order valence-corrected chi connectivity index (χ4v) is 2.34. The number of nitrogens with zero attached hydrogens (tertiary/aromatic N) is 3. The Balaban J connectivity index is 2.56. The molecular weight excluding hydrogens is 307 g/mol. The zero-order valence-corrected chi connectivity index (χ0v) is 13.2. The van der Waals surface area contributed by atoms with Gasteiger partial charge in [0.2, 0.25) is 0 Å². The second kappa shape index (κ2) is 6.85. The summed E-state index contributed by atoms with van der Waals surface area (Å²) in [6.45, 7) is 2.02. The number of benzene rings is 1. The molecule has 0 atom stereocenters. The lowest BCUT2D eigenvalue weighted by Crippen LogP contribution is -2.20. The van der Waals surface area contributed by atoms with Gasteiger partial charge in [-0.1, -0.05) is 31.5 Å². The van der Waals surface area contributed by atoms with E-state index in [9.17, 15) is 13.2 Å². The molecule has 0 aliphatic rings. The van der Waals surface area contributed by atoms with E-state index in [0.717, 1.165) is 24.6 Å². The van der Waals surface area contributed by atoms with Gasteiger partial charge < -0.3 is 9.64 Å². The van der Waals surface area contributed by atoms with Crippen LogP contribution in [0.1, 0.15) is 24.5 Å². The first-order valence-corrected chi connectivity index (χ1v) is 7.18. The highest BCUT2D eigenvalue weighted by Gasteiger charge is 2.37. The fraction of sp³-hybridized carbons (Fsp3) is 0.375. The molecule has 1 aromatic carbocycles. The van der Waals surface area contributed by atoms with Gasteiger partial charge in [-0.3, -0.25) is 0 Å². The normalized spacial score (nSPS) is 11.4. The van der Waals surface area contributed by atoms with Gasteiger partial charge in [-0.25, -0.2) is 4.98 Å². The largest absolute Gasteiger partial charge is 0.467 e. The smallest absolute Gasteiger partial charge is 0.421 e. The topological polar surface area (TPSA) is 38.2 Å². The summed E-state index contributed by atoms with van der Waals surface area (Å²) in [6.07, 6.45) is -2.14. The van der Waals surface area contributed by atoms with E-state index in [1.807, 2.05) is 19.1 Å². The Morgan fingerprint density at radius 2 is 1.91 bits per heavy atom. The number of aromatic nitrogens is 2. The van der Waals surface area contributed by atoms with E-state index in [1.165, 1.54) is 12.0 Å². The number of alkyl halides is 3. The third-order valence-electron chi connectivity index (χ3n) is 3.42. The number of ether oxygens (including phenoxy) is 1. The summed E-state index contributed by atoms with van der Waals surface area (Å²) in [7, 11) is 2.88. The SMILES string of the molecule is CCCc1ccccc1N(C)c1nc(OC)ncc1C(F)(F)F. The molecule has 0 aliphatic heterocycles. The summed E-state index contributed by atoms with van der Waals surface area (Å²) >= 11 is 0. The highest BCUT2D eigenvalue weighted by Crippen LogP contribution is 2.38. The highest BCUT2D eigenvalue weighted by atomic mass is 19.4. The van der Waals surface area contributed by atoms with Gasteiger partial charge in [0, 0.05) is 18.9 Å². The van der Waals surface area contributed by atoms with E-state index >= 15 is 0 Å². The van der Waals surface area contributed by atoms with Crippen molar-refractivity contribution < 1.29 is 17.9 Å². The Morgan fingerprint density at radius 1 is 1.22 bits per heavy atom. The molecule has 0 amide bonds. The van der Waals surface area contributed by atoms with Crippen LogP contribution in [0.3, 0.4) is 0 Å². The van der Waals surface area contributed by atoms with Crippen LogP contribution < -0.4 is 9.64 Å². The number of halogens is 3. The van der Waals surface area contributed by atoms with Gasteiger partial charge in [-0.15, -0.1) is 0 Å². The first-order valence-electron chi connectivity index (χ1n) is 7.18. The molecular formula is C16H18F3N3O. The lowest BCUT2D eigenvalue weighted by atomic mass is 10.1. The monoisotopic (exact) mass is 325 g/mol. The van der Waals surface area contributed by atoms with Gasteiger partial charge >= 0.3 is 12.2 Å². The van der Waals surface area contributed by atoms with Gasteiger partial charge in [0.05, 0.1) is 7.11 Å². The second-order valence-electron chi connectivity index (χ2n) is 5.03. The van der Waals surface area contributed by atoms with Crippen molar-refractivity contribution in [3.63, 3.8) is 0 Å². The lowest BCUT2D eigenvalue weighted by Gasteiger charge is -2.24. The molecule has 0 aliphatic carbocycles. The number of anilines is 2. The molecule has 0 fully saturated rings. The van der Waals surface area contributed by atoms with Crippen LogP contribution in [-0.2, 0) is 12.6 Å². The van der Waals surface area contributed by atoms with Crippen molar-refractivity contribution >= 4 is 11.5 Å². The summed E-state index contributed by atoms with van der Waals surface area (Å²) in [4.78, 5) is 8.92. The van der Waals surface area contributed by atoms with Crippen LogP contribution >= 0.6 is 0 Å². The molecule has 4 nitrogen and oxygen atoms in total. The van der Waals surface area contributed by atoms with Gasteiger partial charge in [0.15, 0.2) is 5.82 Å². The average molecular weight is 325 g/mol. The molecule has 0 unspecified atom stereocenters. The molecule has 0 saturated heterocycles. The van der Waals surface area contributed by atoms with Crippen LogP contribution in [0, 0.1) is 0 Å². The predicted molar refractivity (Wildman–Crippen MR) is 82.1 cm³/mol. The molecule has 2 aromatic rings. The van der Waals surface area contributed by atoms with Crippen LogP contribution in [0.5, 0.6) is 6.01 Å². The Morgan fingerprint density at radius 3 is 2.52 bits per heavy atom. The zero-order chi connectivity index (χ0) is 17.0. The first kappa shape index (κ1) is 17.1. The van der Waals surface area contributed by atoms with Gasteiger partial charge in [-0.2, -0.15) is 18.2 Å². The van der Waals surface area contributed by atoms with Gasteiger partial charge in [-0.05, 0) is 18.1 Å². The maximum Gasteiger partial charge on any atom is 0.421 e. The maximum atomic E-state index is 13.3. The van der Waals surface area contributed by atoms with Crippen LogP contribution in [0.25, 0.3) is 0 Å². The third-order valence-corrected chi connectivity index (χ3v) is 3.42. The zero-order valence-electron chi connectivity index (χ0n) is 13.2. The summed E-state index contributed by atoms with van der Waals surface area (Å²) in [5.41, 5.74) is 0.746. The molecule has 0 saturated carbocycles. The minimum absolute atomic E-state index is 0.104. The highest BCUT2D eigenvalue weighted by molar-refractivity contribution is 5.66. The molecule has 23 heavy (non-hydrogen) atoms. The molecule has 2 rings (SSSR count). The Labute approximate surface area is 132 Å². The summed E-state index contributed by atoms with van der Waals surface area (Å²) < 4.78 is 44.7. The minimum Gasteiger partial charge on any atom is -0.467 e. The van der Waals surface area contributed by atoms with Crippen LogP contribution in [0.4, 0.5) is 24.7 Å². The first-order chi connectivity index (χ1) is 10.9. The Hall–Kier alpha value is -2.31. The molecule has 0 bridgehead atoms. The van der Waals surface area contributed by atoms with Crippen molar-refractivity contribution in [1.29, 1.82) is 0 Å². The van der Waals surface area contributed by atoms with Crippen molar-refractivity contribution in [3.05, 3.63) is 41.6 Å². The van der Waals surface area contributed by atoms with Crippen LogP contribution in [-0.4, -0.2) is 24.1 Å². The van der Waals surface area contributed by atoms with Crippen molar-refractivity contribution in [3.8, 4) is 6.01 Å². The molecule has 0 radical (unpaired) electrons. The lowest BCUT2D eigenvalue weighted by molar-refractivity contribution is -0.137. The molecule has 7 heteroatoms. The molecule has 124 valence electrons. The number of methoxy groups -OCH3 is 1. The van der Waals surface area contributed by atoms with Gasteiger partial charge in [0.1, 0.15) is 5.56 Å². The standard InChI is InChI=1S/C16H18F3N3O/c1-4-7-11-8-5-6-9-13(11)22(2)14-12(16(17,18)19)10-20-15(21-14)23-3/h5-6,8-10H,4,7H2,1-3H3. The number of rotatable bonds is 5. The van der Waals surface area contributed by atoms with E-state index in [0.29, 0.717) is 5.69 Å². The predicted octanol–water partition coefficient (Wildman–Crippen LogP) is 4.22. The van der Waals surface area contributed by atoms with Crippen LogP contribution in [0.15, 0.2) is 30.5 Å². The molecule has 0 N–H and O–H groups in total. The van der Waals surface area contributed by atoms with Crippen LogP contribution in [0.2, 0.25) is 0 Å². The Bertz CT molecular complexity index is 674. The van der Waals surface area contributed by atoms with Crippen molar-refractivity contribution in [2.45, 2.75) is 25.9 Å². The number of hydrogen-bond donors (Lipinski definition) is 0. The van der Waals surface area contributed by atoms with E-state index in [4.69, 9.17) is 4.74 Å². The second-order valence-corrected chi connectivity index (χ2v) is 5.03. The molecule has 1 heterocycles. The van der Waals surface area contributed by atoms with E-state index < -0.39 is 11.7 Å². The summed E-state index contributed by atoms with van der Waals surface area (Å²) in [5.74, 6) is -0.229. The van der Waals surface area contributed by atoms with E-state index in [2.05, 4.69) is 9.97 Å².